The summed E-state index contributed by atoms with van der Waals surface area (Å²) in [6.07, 6.45) is -4.97. The molecular formula is C12H15F3N2O. The quantitative estimate of drug-likeness (QED) is 0.469. The van der Waals surface area contributed by atoms with Gasteiger partial charge in [-0.1, -0.05) is 24.3 Å². The minimum absolute atomic E-state index is 0.0207. The SMILES string of the molecule is N=C(N)c1ccc(COCCCC(F)(F)F)cc1. The van der Waals surface area contributed by atoms with Crippen molar-refractivity contribution in [2.75, 3.05) is 6.61 Å². The molecule has 1 aromatic carbocycles. The number of alkyl halides is 3. The summed E-state index contributed by atoms with van der Waals surface area (Å²) < 4.78 is 40.6. The highest BCUT2D eigenvalue weighted by Crippen LogP contribution is 2.21. The van der Waals surface area contributed by atoms with Crippen LogP contribution in [0.4, 0.5) is 13.2 Å². The van der Waals surface area contributed by atoms with Crippen LogP contribution in [0.25, 0.3) is 0 Å². The third-order valence-electron chi connectivity index (χ3n) is 2.28. The lowest BCUT2D eigenvalue weighted by Crippen LogP contribution is -2.11. The highest BCUT2D eigenvalue weighted by Gasteiger charge is 2.25. The van der Waals surface area contributed by atoms with Gasteiger partial charge in [-0.3, -0.25) is 5.41 Å². The van der Waals surface area contributed by atoms with Gasteiger partial charge in [-0.25, -0.2) is 0 Å². The van der Waals surface area contributed by atoms with Crippen molar-refractivity contribution in [3.8, 4) is 0 Å². The van der Waals surface area contributed by atoms with Gasteiger partial charge in [-0.2, -0.15) is 13.2 Å². The highest BCUT2D eigenvalue weighted by atomic mass is 19.4. The van der Waals surface area contributed by atoms with Gasteiger partial charge in [0.2, 0.25) is 0 Å². The Morgan fingerprint density at radius 3 is 2.33 bits per heavy atom. The Morgan fingerprint density at radius 2 is 1.83 bits per heavy atom. The molecule has 0 heterocycles. The molecule has 0 aromatic heterocycles. The monoisotopic (exact) mass is 260 g/mol. The third kappa shape index (κ3) is 5.67. The summed E-state index contributed by atoms with van der Waals surface area (Å²) in [5.41, 5.74) is 6.74. The maximum atomic E-state index is 11.8. The molecule has 3 N–H and O–H groups in total. The first-order valence-corrected chi connectivity index (χ1v) is 5.46. The van der Waals surface area contributed by atoms with Crippen molar-refractivity contribution in [3.63, 3.8) is 0 Å². The molecule has 0 amide bonds. The van der Waals surface area contributed by atoms with Crippen LogP contribution in [0.5, 0.6) is 0 Å². The van der Waals surface area contributed by atoms with E-state index in [1.165, 1.54) is 0 Å². The van der Waals surface area contributed by atoms with E-state index in [9.17, 15) is 13.2 Å². The number of nitrogen functional groups attached to an aromatic ring is 1. The van der Waals surface area contributed by atoms with E-state index in [2.05, 4.69) is 0 Å². The fourth-order valence-corrected chi connectivity index (χ4v) is 1.35. The van der Waals surface area contributed by atoms with Gasteiger partial charge in [0, 0.05) is 18.6 Å². The normalized spacial score (nSPS) is 11.5. The number of hydrogen-bond acceptors (Lipinski definition) is 2. The standard InChI is InChI=1S/C12H15F3N2O/c13-12(14,15)6-1-7-18-8-9-2-4-10(5-3-9)11(16)17/h2-5H,1,6-8H2,(H3,16,17). The van der Waals surface area contributed by atoms with Crippen molar-refractivity contribution >= 4 is 5.84 Å². The van der Waals surface area contributed by atoms with Crippen molar-refractivity contribution in [2.45, 2.75) is 25.6 Å². The second-order valence-electron chi connectivity index (χ2n) is 3.88. The fourth-order valence-electron chi connectivity index (χ4n) is 1.35. The number of rotatable bonds is 6. The molecule has 0 aliphatic rings. The summed E-state index contributed by atoms with van der Waals surface area (Å²) in [6, 6.07) is 6.83. The predicted molar refractivity (Wildman–Crippen MR) is 62.4 cm³/mol. The van der Waals surface area contributed by atoms with Crippen LogP contribution in [0.3, 0.4) is 0 Å². The van der Waals surface area contributed by atoms with Crippen LogP contribution in [0.2, 0.25) is 0 Å². The molecule has 0 saturated carbocycles. The molecule has 3 nitrogen and oxygen atoms in total. The molecule has 18 heavy (non-hydrogen) atoms. The second-order valence-corrected chi connectivity index (χ2v) is 3.88. The molecule has 0 unspecified atom stereocenters. The van der Waals surface area contributed by atoms with E-state index in [-0.39, 0.29) is 25.5 Å². The van der Waals surface area contributed by atoms with Crippen molar-refractivity contribution in [1.82, 2.24) is 0 Å². The Bertz CT molecular complexity index is 387. The van der Waals surface area contributed by atoms with E-state index in [0.717, 1.165) is 5.56 Å². The van der Waals surface area contributed by atoms with Crippen molar-refractivity contribution in [2.24, 2.45) is 5.73 Å². The largest absolute Gasteiger partial charge is 0.389 e. The zero-order valence-corrected chi connectivity index (χ0v) is 9.76. The van der Waals surface area contributed by atoms with Crippen molar-refractivity contribution < 1.29 is 17.9 Å². The number of ether oxygens (including phenoxy) is 1. The number of amidine groups is 1. The first-order valence-electron chi connectivity index (χ1n) is 5.46. The molecule has 0 fully saturated rings. The number of nitrogens with one attached hydrogen (secondary N) is 1. The summed E-state index contributed by atoms with van der Waals surface area (Å²) in [6.45, 7) is 0.337. The van der Waals surface area contributed by atoms with Gasteiger partial charge in [0.05, 0.1) is 6.61 Å². The van der Waals surface area contributed by atoms with Crippen LogP contribution >= 0.6 is 0 Å². The third-order valence-corrected chi connectivity index (χ3v) is 2.28. The maximum absolute atomic E-state index is 11.8. The van der Waals surface area contributed by atoms with Crippen LogP contribution in [-0.2, 0) is 11.3 Å². The van der Waals surface area contributed by atoms with Gasteiger partial charge < -0.3 is 10.5 Å². The van der Waals surface area contributed by atoms with E-state index in [0.29, 0.717) is 5.56 Å². The van der Waals surface area contributed by atoms with Crippen LogP contribution < -0.4 is 5.73 Å². The fraction of sp³-hybridized carbons (Fsp3) is 0.417. The maximum Gasteiger partial charge on any atom is 0.389 e. The number of nitrogens with two attached hydrogens (primary N) is 1. The zero-order valence-electron chi connectivity index (χ0n) is 9.76. The van der Waals surface area contributed by atoms with Crippen LogP contribution in [-0.4, -0.2) is 18.6 Å². The topological polar surface area (TPSA) is 59.1 Å². The molecule has 1 aromatic rings. The molecule has 0 spiro atoms. The summed E-state index contributed by atoms with van der Waals surface area (Å²) >= 11 is 0. The van der Waals surface area contributed by atoms with Crippen LogP contribution in [0.1, 0.15) is 24.0 Å². The zero-order chi connectivity index (χ0) is 13.6. The lowest BCUT2D eigenvalue weighted by molar-refractivity contribution is -0.138. The molecular weight excluding hydrogens is 245 g/mol. The Hall–Kier alpha value is -1.56. The summed E-state index contributed by atoms with van der Waals surface area (Å²) in [5, 5.41) is 7.20. The lowest BCUT2D eigenvalue weighted by Gasteiger charge is -2.07. The van der Waals surface area contributed by atoms with Gasteiger partial charge in [0.1, 0.15) is 5.84 Å². The van der Waals surface area contributed by atoms with Gasteiger partial charge in [-0.05, 0) is 12.0 Å². The molecule has 100 valence electrons. The smallest absolute Gasteiger partial charge is 0.384 e. The molecule has 0 atom stereocenters. The molecule has 1 rings (SSSR count). The summed E-state index contributed by atoms with van der Waals surface area (Å²) in [4.78, 5) is 0. The number of hydrogen-bond donors (Lipinski definition) is 2. The Kier molecular flexibility index (Phi) is 5.15. The Labute approximate surface area is 103 Å². The molecule has 0 bridgehead atoms. The van der Waals surface area contributed by atoms with Gasteiger partial charge in [0.15, 0.2) is 0 Å². The van der Waals surface area contributed by atoms with Crippen LogP contribution in [0.15, 0.2) is 24.3 Å². The highest BCUT2D eigenvalue weighted by molar-refractivity contribution is 5.94. The summed E-state index contributed by atoms with van der Waals surface area (Å²) in [7, 11) is 0. The van der Waals surface area contributed by atoms with E-state index in [1.807, 2.05) is 0 Å². The van der Waals surface area contributed by atoms with Crippen molar-refractivity contribution in [1.29, 1.82) is 5.41 Å². The number of halogens is 3. The summed E-state index contributed by atoms with van der Waals surface area (Å²) in [5.74, 6) is -0.0207. The molecule has 0 aliphatic heterocycles. The Morgan fingerprint density at radius 1 is 1.22 bits per heavy atom. The van der Waals surface area contributed by atoms with E-state index in [1.54, 1.807) is 24.3 Å². The second kappa shape index (κ2) is 6.39. The lowest BCUT2D eigenvalue weighted by atomic mass is 10.1. The predicted octanol–water partition coefficient (Wildman–Crippen LogP) is 2.83. The van der Waals surface area contributed by atoms with E-state index >= 15 is 0 Å². The van der Waals surface area contributed by atoms with Gasteiger partial charge >= 0.3 is 6.18 Å². The number of benzene rings is 1. The first kappa shape index (κ1) is 14.5. The minimum Gasteiger partial charge on any atom is -0.384 e. The van der Waals surface area contributed by atoms with Gasteiger partial charge in [-0.15, -0.1) is 0 Å². The molecule has 0 aliphatic carbocycles. The Balaban J connectivity index is 2.25. The first-order chi connectivity index (χ1) is 8.38. The van der Waals surface area contributed by atoms with E-state index < -0.39 is 12.6 Å². The van der Waals surface area contributed by atoms with Gasteiger partial charge in [0.25, 0.3) is 0 Å². The van der Waals surface area contributed by atoms with Crippen molar-refractivity contribution in [3.05, 3.63) is 35.4 Å². The van der Waals surface area contributed by atoms with Crippen LogP contribution in [0, 0.1) is 5.41 Å². The average Bonchev–Trinajstić information content (AvgIpc) is 2.27. The molecule has 0 saturated heterocycles. The van der Waals surface area contributed by atoms with E-state index in [4.69, 9.17) is 15.9 Å². The molecule has 6 heteroatoms. The average molecular weight is 260 g/mol. The molecule has 0 radical (unpaired) electrons. The minimum atomic E-state index is -4.12.